The Morgan fingerprint density at radius 2 is 1.94 bits per heavy atom. The molecule has 0 aromatic heterocycles. The van der Waals surface area contributed by atoms with Crippen LogP contribution < -0.4 is 4.74 Å². The summed E-state index contributed by atoms with van der Waals surface area (Å²) >= 11 is 0. The number of benzene rings is 2. The van der Waals surface area contributed by atoms with Crippen LogP contribution in [0.2, 0.25) is 0 Å². The molecule has 2 aliphatic carbocycles. The number of piperidine rings is 1. The highest BCUT2D eigenvalue weighted by Crippen LogP contribution is 2.65. The van der Waals surface area contributed by atoms with Crippen molar-refractivity contribution in [3.8, 4) is 11.5 Å². The lowest BCUT2D eigenvalue weighted by Crippen LogP contribution is -2.77. The number of hydrogen-bond acceptors (Lipinski definition) is 6. The predicted octanol–water partition coefficient (Wildman–Crippen LogP) is 2.01. The Balaban J connectivity index is 1.45. The van der Waals surface area contributed by atoms with Gasteiger partial charge < -0.3 is 19.8 Å². The zero-order valence-corrected chi connectivity index (χ0v) is 19.8. The van der Waals surface area contributed by atoms with Gasteiger partial charge in [-0.3, -0.25) is 0 Å². The Labute approximate surface area is 194 Å². The number of aliphatic hydroxyl groups is 1. The van der Waals surface area contributed by atoms with E-state index in [0.29, 0.717) is 31.4 Å². The first-order valence-electron chi connectivity index (χ1n) is 11.6. The Bertz CT molecular complexity index is 1220. The first kappa shape index (κ1) is 21.4. The minimum absolute atomic E-state index is 0.0609. The number of phenolic OH excluding ortho intramolecular Hbond substituents is 1. The molecule has 7 nitrogen and oxygen atoms in total. The normalized spacial score (nSPS) is 34.7. The van der Waals surface area contributed by atoms with Gasteiger partial charge in [-0.15, -0.1) is 0 Å². The molecule has 1 spiro atoms. The number of nitrogens with zero attached hydrogens (tertiary/aromatic N) is 2. The summed E-state index contributed by atoms with van der Waals surface area (Å²) < 4.78 is 34.8. The van der Waals surface area contributed by atoms with E-state index in [2.05, 4.69) is 11.9 Å². The van der Waals surface area contributed by atoms with Gasteiger partial charge in [0.2, 0.25) is 10.0 Å². The van der Waals surface area contributed by atoms with E-state index in [9.17, 15) is 18.6 Å². The molecule has 2 bridgehead atoms. The molecule has 6 rings (SSSR count). The molecule has 33 heavy (non-hydrogen) atoms. The molecule has 8 heteroatoms. The van der Waals surface area contributed by atoms with Crippen molar-refractivity contribution in [2.45, 2.75) is 60.6 Å². The number of rotatable bonds is 4. The maximum absolute atomic E-state index is 13.4. The van der Waals surface area contributed by atoms with Gasteiger partial charge in [0.05, 0.1) is 22.8 Å². The molecule has 2 N–H and O–H groups in total. The van der Waals surface area contributed by atoms with Crippen molar-refractivity contribution in [2.24, 2.45) is 0 Å². The first-order chi connectivity index (χ1) is 15.7. The van der Waals surface area contributed by atoms with Crippen LogP contribution in [0, 0.1) is 0 Å². The van der Waals surface area contributed by atoms with Gasteiger partial charge in [-0.25, -0.2) is 8.42 Å². The fourth-order valence-electron chi connectivity index (χ4n) is 7.19. The van der Waals surface area contributed by atoms with E-state index in [0.717, 1.165) is 23.2 Å². The summed E-state index contributed by atoms with van der Waals surface area (Å²) in [7, 11) is 0.0611. The third-order valence-corrected chi connectivity index (χ3v) is 10.6. The maximum atomic E-state index is 13.4. The average molecular weight is 471 g/mol. The molecule has 1 saturated carbocycles. The van der Waals surface area contributed by atoms with Crippen LogP contribution in [0.4, 0.5) is 0 Å². The molecular weight excluding hydrogens is 440 g/mol. The average Bonchev–Trinajstić information content (AvgIpc) is 3.14. The molecule has 2 aliphatic heterocycles. The first-order valence-corrected chi connectivity index (χ1v) is 13.2. The summed E-state index contributed by atoms with van der Waals surface area (Å²) in [6.07, 6.45) is 1.80. The maximum Gasteiger partial charge on any atom is 0.218 e. The Kier molecular flexibility index (Phi) is 4.51. The SMILES string of the molecule is CN1CC[C@]23c4c5ccc(O)c4OC2C(N(C)S(=O)(=O)Cc2ccccc2)CC[C@@]3(O)[C@H]1C5. The number of likely N-dealkylation sites (tertiary alicyclic amines) is 1. The zero-order chi connectivity index (χ0) is 23.2. The van der Waals surface area contributed by atoms with Crippen LogP contribution in [0.5, 0.6) is 11.5 Å². The largest absolute Gasteiger partial charge is 0.504 e. The third-order valence-electron chi connectivity index (χ3n) is 8.80. The van der Waals surface area contributed by atoms with E-state index < -0.39 is 33.2 Å². The van der Waals surface area contributed by atoms with Crippen molar-refractivity contribution in [1.82, 2.24) is 9.21 Å². The van der Waals surface area contributed by atoms with Gasteiger partial charge in [-0.05, 0) is 56.5 Å². The number of sulfonamides is 1. The van der Waals surface area contributed by atoms with E-state index in [1.165, 1.54) is 4.31 Å². The predicted molar refractivity (Wildman–Crippen MR) is 124 cm³/mol. The number of aromatic hydroxyl groups is 1. The number of likely N-dealkylation sites (N-methyl/N-ethyl adjacent to an activating group) is 2. The molecule has 1 saturated heterocycles. The quantitative estimate of drug-likeness (QED) is 0.711. The molecule has 2 unspecified atom stereocenters. The van der Waals surface area contributed by atoms with Crippen molar-refractivity contribution in [3.63, 3.8) is 0 Å². The molecular formula is C25H30N2O5S. The fraction of sp³-hybridized carbons (Fsp3) is 0.520. The van der Waals surface area contributed by atoms with Crippen LogP contribution >= 0.6 is 0 Å². The van der Waals surface area contributed by atoms with E-state index in [1.807, 2.05) is 36.4 Å². The van der Waals surface area contributed by atoms with E-state index >= 15 is 0 Å². The topological polar surface area (TPSA) is 90.3 Å². The number of phenols is 1. The Morgan fingerprint density at radius 1 is 1.18 bits per heavy atom. The monoisotopic (exact) mass is 470 g/mol. The van der Waals surface area contributed by atoms with Crippen molar-refractivity contribution >= 4 is 10.0 Å². The summed E-state index contributed by atoms with van der Waals surface area (Å²) in [5.74, 6) is 0.407. The molecule has 176 valence electrons. The molecule has 2 fully saturated rings. The minimum atomic E-state index is -3.62. The van der Waals surface area contributed by atoms with Gasteiger partial charge >= 0.3 is 0 Å². The zero-order valence-electron chi connectivity index (χ0n) is 18.9. The van der Waals surface area contributed by atoms with Crippen LogP contribution in [0.3, 0.4) is 0 Å². The van der Waals surface area contributed by atoms with Gasteiger partial charge in [0.25, 0.3) is 0 Å². The van der Waals surface area contributed by atoms with Crippen LogP contribution in [0.1, 0.15) is 36.0 Å². The van der Waals surface area contributed by atoms with Gasteiger partial charge in [0.15, 0.2) is 11.5 Å². The van der Waals surface area contributed by atoms with Crippen molar-refractivity contribution in [1.29, 1.82) is 0 Å². The highest BCUT2D eigenvalue weighted by atomic mass is 32.2. The summed E-state index contributed by atoms with van der Waals surface area (Å²) in [6.45, 7) is 0.786. The molecule has 4 aliphatic rings. The lowest BCUT2D eigenvalue weighted by Gasteiger charge is -2.64. The second-order valence-corrected chi connectivity index (χ2v) is 12.2. The number of ether oxygens (including phenoxy) is 1. The summed E-state index contributed by atoms with van der Waals surface area (Å²) in [6, 6.07) is 12.3. The lowest BCUT2D eigenvalue weighted by molar-refractivity contribution is -0.191. The smallest absolute Gasteiger partial charge is 0.218 e. The second kappa shape index (κ2) is 6.95. The second-order valence-electron chi connectivity index (χ2n) is 10.2. The highest BCUT2D eigenvalue weighted by Gasteiger charge is 2.73. The van der Waals surface area contributed by atoms with Crippen molar-refractivity contribution in [2.75, 3.05) is 20.6 Å². The van der Waals surface area contributed by atoms with Gasteiger partial charge in [-0.2, -0.15) is 4.31 Å². The highest BCUT2D eigenvalue weighted by molar-refractivity contribution is 7.88. The number of hydrogen-bond donors (Lipinski definition) is 2. The van der Waals surface area contributed by atoms with Crippen LogP contribution in [0.25, 0.3) is 0 Å². The third kappa shape index (κ3) is 2.69. The molecule has 2 heterocycles. The molecule has 0 radical (unpaired) electrons. The fourth-order valence-corrected chi connectivity index (χ4v) is 8.64. The van der Waals surface area contributed by atoms with Gasteiger partial charge in [0.1, 0.15) is 6.10 Å². The molecule has 5 atom stereocenters. The van der Waals surface area contributed by atoms with Crippen LogP contribution in [-0.2, 0) is 27.6 Å². The standard InChI is InChI=1S/C25H30N2O5S/c1-26-13-12-24-21-17-8-9-19(28)22(21)32-23(24)18(10-11-25(24,29)20(26)14-17)27(2)33(30,31)15-16-6-4-3-5-7-16/h3-9,18,20,23,28-29H,10-15H2,1-2H3/t18?,20-,23?,24+,25-/m1/s1. The molecule has 2 aromatic carbocycles. The Morgan fingerprint density at radius 3 is 2.70 bits per heavy atom. The summed E-state index contributed by atoms with van der Waals surface area (Å²) in [5, 5.41) is 22.9. The van der Waals surface area contributed by atoms with E-state index in [4.69, 9.17) is 4.74 Å². The minimum Gasteiger partial charge on any atom is -0.504 e. The van der Waals surface area contributed by atoms with Crippen molar-refractivity contribution < 1.29 is 23.4 Å². The van der Waals surface area contributed by atoms with E-state index in [-0.39, 0.29) is 17.5 Å². The Hall–Kier alpha value is -2.13. The van der Waals surface area contributed by atoms with Gasteiger partial charge in [-0.1, -0.05) is 36.4 Å². The van der Waals surface area contributed by atoms with Crippen LogP contribution in [0.15, 0.2) is 42.5 Å². The lowest BCUT2D eigenvalue weighted by atomic mass is 9.48. The summed E-state index contributed by atoms with van der Waals surface area (Å²) in [4.78, 5) is 2.23. The van der Waals surface area contributed by atoms with Crippen LogP contribution in [-0.4, -0.2) is 72.3 Å². The van der Waals surface area contributed by atoms with E-state index in [1.54, 1.807) is 13.1 Å². The molecule has 0 amide bonds. The van der Waals surface area contributed by atoms with Crippen molar-refractivity contribution in [3.05, 3.63) is 59.2 Å². The molecule has 2 aromatic rings. The van der Waals surface area contributed by atoms with Gasteiger partial charge in [0, 0.05) is 18.7 Å². The summed E-state index contributed by atoms with van der Waals surface area (Å²) in [5.41, 5.74) is 0.963.